The van der Waals surface area contributed by atoms with E-state index in [1.165, 1.54) is 109 Å². The number of carbonyl (C=O) groups is 2. The second-order valence-electron chi connectivity index (χ2n) is 17.4. The highest BCUT2D eigenvalue weighted by Gasteiger charge is 2.17. The summed E-state index contributed by atoms with van der Waals surface area (Å²) in [4.78, 5) is 25.4. The fraction of sp³-hybridized carbons (Fsp3) is 0.695. The lowest BCUT2D eigenvalue weighted by Crippen LogP contribution is -2.30. The first-order chi connectivity index (χ1) is 31.6. The van der Waals surface area contributed by atoms with Crippen LogP contribution in [-0.4, -0.2) is 37.9 Å². The van der Waals surface area contributed by atoms with Crippen molar-refractivity contribution in [2.45, 2.75) is 245 Å². The van der Waals surface area contributed by atoms with Crippen LogP contribution in [0.4, 0.5) is 0 Å². The average Bonchev–Trinajstić information content (AvgIpc) is 3.30. The van der Waals surface area contributed by atoms with E-state index in [-0.39, 0.29) is 31.6 Å². The molecular formula is C59H100O5. The second kappa shape index (κ2) is 54.2. The predicted molar refractivity (Wildman–Crippen MR) is 279 cm³/mol. The van der Waals surface area contributed by atoms with E-state index in [1.807, 2.05) is 6.08 Å². The third-order valence-electron chi connectivity index (χ3n) is 11.1. The molecule has 0 aliphatic rings. The van der Waals surface area contributed by atoms with E-state index in [0.717, 1.165) is 89.9 Å². The molecule has 0 bridgehead atoms. The number of unbranched alkanes of at least 4 members (excludes halogenated alkanes) is 21. The molecule has 0 amide bonds. The molecule has 0 aliphatic heterocycles. The van der Waals surface area contributed by atoms with Gasteiger partial charge in [0.25, 0.3) is 0 Å². The van der Waals surface area contributed by atoms with Gasteiger partial charge in [0.2, 0.25) is 0 Å². The SMILES string of the molecule is CC/C=C\C/C=C\C/C=C\C/C=C\CCCCCOCC(COC(=O)CCCCCCCCCCCCCCCCCCCCC)OC(=O)CC/C=C\C/C=C\C/C=C\C/C=C\CC. The van der Waals surface area contributed by atoms with Gasteiger partial charge >= 0.3 is 11.9 Å². The maximum atomic E-state index is 12.8. The lowest BCUT2D eigenvalue weighted by Gasteiger charge is -2.18. The molecule has 5 nitrogen and oxygen atoms in total. The Bertz CT molecular complexity index is 1230. The zero-order valence-corrected chi connectivity index (χ0v) is 42.0. The Morgan fingerprint density at radius 2 is 0.734 bits per heavy atom. The Morgan fingerprint density at radius 1 is 0.359 bits per heavy atom. The molecule has 0 saturated carbocycles. The molecule has 0 aromatic rings. The quantitative estimate of drug-likeness (QED) is 0.0346. The fourth-order valence-corrected chi connectivity index (χ4v) is 7.22. The van der Waals surface area contributed by atoms with Gasteiger partial charge in [-0.3, -0.25) is 9.59 Å². The molecule has 0 radical (unpaired) electrons. The average molecular weight is 889 g/mol. The van der Waals surface area contributed by atoms with Crippen LogP contribution in [0.1, 0.15) is 239 Å². The van der Waals surface area contributed by atoms with Crippen molar-refractivity contribution in [1.29, 1.82) is 0 Å². The van der Waals surface area contributed by atoms with E-state index in [4.69, 9.17) is 14.2 Å². The predicted octanol–water partition coefficient (Wildman–Crippen LogP) is 18.2. The smallest absolute Gasteiger partial charge is 0.306 e. The van der Waals surface area contributed by atoms with Crippen molar-refractivity contribution in [2.24, 2.45) is 0 Å². The number of esters is 2. The molecule has 0 aliphatic carbocycles. The van der Waals surface area contributed by atoms with Crippen molar-refractivity contribution in [2.75, 3.05) is 19.8 Å². The van der Waals surface area contributed by atoms with E-state index < -0.39 is 6.10 Å². The third kappa shape index (κ3) is 51.5. The zero-order chi connectivity index (χ0) is 46.3. The maximum absolute atomic E-state index is 12.8. The van der Waals surface area contributed by atoms with Crippen molar-refractivity contribution in [3.63, 3.8) is 0 Å². The van der Waals surface area contributed by atoms with Crippen LogP contribution in [0.15, 0.2) is 97.2 Å². The highest BCUT2D eigenvalue weighted by Crippen LogP contribution is 2.15. The molecule has 0 aromatic carbocycles. The van der Waals surface area contributed by atoms with Crippen LogP contribution in [0.25, 0.3) is 0 Å². The first-order valence-electron chi connectivity index (χ1n) is 26.8. The highest BCUT2D eigenvalue weighted by molar-refractivity contribution is 5.70. The minimum atomic E-state index is -0.594. The summed E-state index contributed by atoms with van der Waals surface area (Å²) >= 11 is 0. The minimum absolute atomic E-state index is 0.0412. The second-order valence-corrected chi connectivity index (χ2v) is 17.4. The molecule has 0 heterocycles. The van der Waals surface area contributed by atoms with Crippen LogP contribution in [0.3, 0.4) is 0 Å². The topological polar surface area (TPSA) is 61.8 Å². The van der Waals surface area contributed by atoms with Crippen LogP contribution in [-0.2, 0) is 23.8 Å². The van der Waals surface area contributed by atoms with Crippen LogP contribution in [0, 0.1) is 0 Å². The van der Waals surface area contributed by atoms with Gasteiger partial charge < -0.3 is 14.2 Å². The number of hydrogen-bond acceptors (Lipinski definition) is 5. The van der Waals surface area contributed by atoms with Crippen molar-refractivity contribution in [1.82, 2.24) is 0 Å². The van der Waals surface area contributed by atoms with Gasteiger partial charge in [-0.1, -0.05) is 240 Å². The van der Waals surface area contributed by atoms with E-state index in [1.54, 1.807) is 0 Å². The van der Waals surface area contributed by atoms with Gasteiger partial charge in [0, 0.05) is 19.4 Å². The summed E-state index contributed by atoms with van der Waals surface area (Å²) in [5.41, 5.74) is 0. The molecule has 0 spiro atoms. The van der Waals surface area contributed by atoms with Crippen LogP contribution >= 0.6 is 0 Å². The van der Waals surface area contributed by atoms with Crippen LogP contribution in [0.5, 0.6) is 0 Å². The number of hydrogen-bond donors (Lipinski definition) is 0. The molecule has 0 N–H and O–H groups in total. The van der Waals surface area contributed by atoms with Gasteiger partial charge in [-0.25, -0.2) is 0 Å². The molecule has 0 rings (SSSR count). The summed E-state index contributed by atoms with van der Waals surface area (Å²) in [6.07, 6.45) is 73.0. The summed E-state index contributed by atoms with van der Waals surface area (Å²) in [5, 5.41) is 0. The summed E-state index contributed by atoms with van der Waals surface area (Å²) in [7, 11) is 0. The first kappa shape index (κ1) is 60.8. The standard InChI is InChI=1S/C59H100O5/c1-4-7-10-13-16-19-22-25-27-29-30-31-32-35-37-40-43-46-49-52-58(60)63-56-57(64-59(61)53-50-47-44-41-38-34-24-21-18-15-12-9-6-3)55-62-54-51-48-45-42-39-36-33-28-26-23-20-17-14-11-8-5-2/h8-9,11-12,17-18,20-21,26,28,34,36,38-39,44,47,57H,4-7,10,13-16,19,22-25,27,29-33,35,37,40-43,45-46,48-56H2,1-3H3/b11-8-,12-9-,20-17-,21-18-,28-26-,38-34-,39-36-,47-44-. The summed E-state index contributed by atoms with van der Waals surface area (Å²) in [6.45, 7) is 7.46. The number of rotatable bonds is 48. The Kier molecular flexibility index (Phi) is 51.5. The summed E-state index contributed by atoms with van der Waals surface area (Å²) < 4.78 is 17.3. The van der Waals surface area contributed by atoms with E-state index in [2.05, 4.69) is 112 Å². The fourth-order valence-electron chi connectivity index (χ4n) is 7.22. The van der Waals surface area contributed by atoms with Crippen molar-refractivity contribution in [3.05, 3.63) is 97.2 Å². The van der Waals surface area contributed by atoms with Gasteiger partial charge in [-0.15, -0.1) is 0 Å². The molecule has 5 heteroatoms. The monoisotopic (exact) mass is 889 g/mol. The van der Waals surface area contributed by atoms with Gasteiger partial charge in [-0.2, -0.15) is 0 Å². The summed E-state index contributed by atoms with van der Waals surface area (Å²) in [5.74, 6) is -0.507. The Balaban J connectivity index is 4.35. The first-order valence-corrected chi connectivity index (χ1v) is 26.8. The Hall–Kier alpha value is -3.18. The maximum Gasteiger partial charge on any atom is 0.306 e. The molecule has 0 aromatic heterocycles. The van der Waals surface area contributed by atoms with Gasteiger partial charge in [0.15, 0.2) is 6.10 Å². The highest BCUT2D eigenvalue weighted by atomic mass is 16.6. The molecular weight excluding hydrogens is 789 g/mol. The molecule has 64 heavy (non-hydrogen) atoms. The van der Waals surface area contributed by atoms with E-state index >= 15 is 0 Å². The van der Waals surface area contributed by atoms with Crippen LogP contribution in [0.2, 0.25) is 0 Å². The zero-order valence-electron chi connectivity index (χ0n) is 42.0. The molecule has 366 valence electrons. The number of allylic oxidation sites excluding steroid dienone is 16. The Morgan fingerprint density at radius 3 is 1.17 bits per heavy atom. The largest absolute Gasteiger partial charge is 0.462 e. The minimum Gasteiger partial charge on any atom is -0.462 e. The third-order valence-corrected chi connectivity index (χ3v) is 11.1. The van der Waals surface area contributed by atoms with E-state index in [0.29, 0.717) is 19.4 Å². The molecule has 1 atom stereocenters. The van der Waals surface area contributed by atoms with E-state index in [9.17, 15) is 9.59 Å². The van der Waals surface area contributed by atoms with Crippen LogP contribution < -0.4 is 0 Å². The number of carbonyl (C=O) groups excluding carboxylic acids is 2. The van der Waals surface area contributed by atoms with Crippen molar-refractivity contribution in [3.8, 4) is 0 Å². The van der Waals surface area contributed by atoms with Crippen molar-refractivity contribution < 1.29 is 23.8 Å². The summed E-state index contributed by atoms with van der Waals surface area (Å²) in [6, 6.07) is 0. The lowest BCUT2D eigenvalue weighted by atomic mass is 10.0. The van der Waals surface area contributed by atoms with Gasteiger partial charge in [0.05, 0.1) is 6.61 Å². The normalized spacial score (nSPS) is 13.0. The Labute approximate surface area is 396 Å². The molecule has 0 saturated heterocycles. The lowest BCUT2D eigenvalue weighted by molar-refractivity contribution is -0.162. The van der Waals surface area contributed by atoms with Crippen molar-refractivity contribution >= 4 is 11.9 Å². The molecule has 0 fully saturated rings. The van der Waals surface area contributed by atoms with Gasteiger partial charge in [-0.05, 0) is 83.5 Å². The molecule has 1 unspecified atom stereocenters. The van der Waals surface area contributed by atoms with Gasteiger partial charge in [0.1, 0.15) is 6.61 Å². The number of ether oxygens (including phenoxy) is 3.